The summed E-state index contributed by atoms with van der Waals surface area (Å²) in [5.74, 6) is -2.00. The zero-order valence-corrected chi connectivity index (χ0v) is 26.6. The number of rotatable bonds is 17. The van der Waals surface area contributed by atoms with Crippen LogP contribution in [0, 0.1) is 5.41 Å². The molecule has 8 nitrogen and oxygen atoms in total. The highest BCUT2D eigenvalue weighted by Gasteiger charge is 2.37. The first-order valence-electron chi connectivity index (χ1n) is 12.1. The molecule has 0 heterocycles. The van der Waals surface area contributed by atoms with Crippen molar-refractivity contribution in [2.45, 2.75) is 100 Å². The zero-order valence-electron chi connectivity index (χ0n) is 23.0. The zero-order chi connectivity index (χ0) is 29.1. The summed E-state index contributed by atoms with van der Waals surface area (Å²) in [6, 6.07) is 0. The lowest BCUT2D eigenvalue weighted by atomic mass is 9.87. The average Bonchev–Trinajstić information content (AvgIpc) is 2.64. The van der Waals surface area contributed by atoms with Crippen molar-refractivity contribution in [3.8, 4) is 0 Å². The van der Waals surface area contributed by atoms with Crippen LogP contribution in [0.1, 0.15) is 80.6 Å². The van der Waals surface area contributed by atoms with Gasteiger partial charge in [0, 0.05) is 19.5 Å². The fourth-order valence-corrected chi connectivity index (χ4v) is 3.47. The van der Waals surface area contributed by atoms with E-state index in [-0.39, 0.29) is 63.8 Å². The summed E-state index contributed by atoms with van der Waals surface area (Å²) in [5, 5.41) is -0.182. The van der Waals surface area contributed by atoms with E-state index in [1.54, 1.807) is 48.5 Å². The fraction of sp³-hybridized carbons (Fsp3) is 0.840. The molecule has 0 aliphatic heterocycles. The molecule has 0 aliphatic carbocycles. The highest BCUT2D eigenvalue weighted by Crippen LogP contribution is 2.28. The van der Waals surface area contributed by atoms with E-state index in [1.165, 1.54) is 0 Å². The Balaban J connectivity index is 5.78. The molecular weight excluding hydrogens is 557 g/mol. The molecule has 12 heteroatoms. The summed E-state index contributed by atoms with van der Waals surface area (Å²) in [4.78, 5) is 49.4. The van der Waals surface area contributed by atoms with E-state index in [0.29, 0.717) is 0 Å². The quantitative estimate of drug-likeness (QED) is 0.110. The highest BCUT2D eigenvalue weighted by atomic mass is 32.1. The predicted octanol–water partition coefficient (Wildman–Crippen LogP) is 4.54. The smallest absolute Gasteiger partial charge is 0.307 e. The number of hydrogen-bond donors (Lipinski definition) is 4. The van der Waals surface area contributed by atoms with Crippen LogP contribution in [0.15, 0.2) is 0 Å². The lowest BCUT2D eigenvalue weighted by Gasteiger charge is -2.33. The highest BCUT2D eigenvalue weighted by molar-refractivity contribution is 7.82. The molecule has 1 unspecified atom stereocenters. The summed E-state index contributed by atoms with van der Waals surface area (Å²) in [6.07, 6.45) is 0.305. The molecule has 0 aromatic carbocycles. The lowest BCUT2D eigenvalue weighted by Crippen LogP contribution is -2.41. The van der Waals surface area contributed by atoms with Crippen molar-refractivity contribution in [2.75, 3.05) is 26.4 Å². The third kappa shape index (κ3) is 20.9. The van der Waals surface area contributed by atoms with Crippen LogP contribution in [0.5, 0.6) is 0 Å². The van der Waals surface area contributed by atoms with Gasteiger partial charge in [-0.25, -0.2) is 0 Å². The Morgan fingerprint density at radius 3 is 1.22 bits per heavy atom. The second-order valence-corrected chi connectivity index (χ2v) is 16.0. The van der Waals surface area contributed by atoms with Gasteiger partial charge in [0.1, 0.15) is 19.8 Å². The van der Waals surface area contributed by atoms with Gasteiger partial charge in [-0.15, -0.1) is 0 Å². The minimum Gasteiger partial charge on any atom is -0.466 e. The predicted molar refractivity (Wildman–Crippen MR) is 157 cm³/mol. The van der Waals surface area contributed by atoms with Gasteiger partial charge in [0.2, 0.25) is 0 Å². The number of ether oxygens (including phenoxy) is 4. The fourth-order valence-electron chi connectivity index (χ4n) is 2.94. The summed E-state index contributed by atoms with van der Waals surface area (Å²) < 4.78 is 20.1. The van der Waals surface area contributed by atoms with Crippen LogP contribution in [0.3, 0.4) is 0 Å². The molecule has 0 saturated carbocycles. The third-order valence-corrected chi connectivity index (χ3v) is 5.36. The summed E-state index contributed by atoms with van der Waals surface area (Å²) in [6.45, 7) is 11.6. The molecule has 0 aromatic heterocycles. The van der Waals surface area contributed by atoms with Crippen LogP contribution in [-0.2, 0) is 38.1 Å². The molecule has 0 radical (unpaired) electrons. The Morgan fingerprint density at radius 2 is 0.946 bits per heavy atom. The van der Waals surface area contributed by atoms with Gasteiger partial charge in [-0.3, -0.25) is 19.2 Å². The summed E-state index contributed by atoms with van der Waals surface area (Å²) in [5.41, 5.74) is -1.16. The van der Waals surface area contributed by atoms with Crippen LogP contribution < -0.4 is 0 Å². The van der Waals surface area contributed by atoms with Crippen molar-refractivity contribution in [3.63, 3.8) is 0 Å². The van der Waals surface area contributed by atoms with Gasteiger partial charge < -0.3 is 18.9 Å². The van der Waals surface area contributed by atoms with Crippen LogP contribution in [-0.4, -0.2) is 69.8 Å². The van der Waals surface area contributed by atoms with Crippen LogP contribution >= 0.6 is 50.5 Å². The van der Waals surface area contributed by atoms with Crippen molar-refractivity contribution in [1.82, 2.24) is 0 Å². The van der Waals surface area contributed by atoms with E-state index in [4.69, 9.17) is 18.9 Å². The first kappa shape index (κ1) is 36.3. The number of carbonyl (C=O) groups is 4. The van der Waals surface area contributed by atoms with Gasteiger partial charge in [-0.2, -0.15) is 50.5 Å². The summed E-state index contributed by atoms with van der Waals surface area (Å²) >= 11 is 17.3. The minimum absolute atomic E-state index is 0.0300. The van der Waals surface area contributed by atoms with Gasteiger partial charge in [-0.05, 0) is 6.42 Å². The maximum absolute atomic E-state index is 12.5. The Kier molecular flexibility index (Phi) is 15.5. The van der Waals surface area contributed by atoms with Gasteiger partial charge in [-0.1, -0.05) is 48.5 Å². The molecule has 0 bridgehead atoms. The minimum atomic E-state index is -1.16. The normalized spacial score (nSPS) is 13.5. The van der Waals surface area contributed by atoms with Crippen molar-refractivity contribution in [1.29, 1.82) is 0 Å². The Bertz CT molecular complexity index is 685. The van der Waals surface area contributed by atoms with Crippen LogP contribution in [0.4, 0.5) is 0 Å². The van der Waals surface area contributed by atoms with E-state index in [9.17, 15) is 19.2 Å². The van der Waals surface area contributed by atoms with Crippen molar-refractivity contribution >= 4 is 74.4 Å². The molecule has 1 atom stereocenters. The average molecular weight is 601 g/mol. The van der Waals surface area contributed by atoms with Gasteiger partial charge in [0.05, 0.1) is 37.7 Å². The maximum Gasteiger partial charge on any atom is 0.307 e. The number of carbonyl (C=O) groups excluding carboxylic acids is 4. The molecule has 37 heavy (non-hydrogen) atoms. The molecule has 0 N–H and O–H groups in total. The van der Waals surface area contributed by atoms with Crippen molar-refractivity contribution in [3.05, 3.63) is 0 Å². The second-order valence-electron chi connectivity index (χ2n) is 11.5. The van der Waals surface area contributed by atoms with E-state index in [0.717, 1.165) is 0 Å². The van der Waals surface area contributed by atoms with E-state index in [2.05, 4.69) is 50.5 Å². The van der Waals surface area contributed by atoms with E-state index < -0.39 is 43.5 Å². The number of hydrogen-bond acceptors (Lipinski definition) is 12. The topological polar surface area (TPSA) is 105 Å². The number of esters is 4. The molecule has 0 fully saturated rings. The second kappa shape index (κ2) is 15.8. The SMILES string of the molecule is CC(S)CC(=O)OCCC(COC(=O)CC(C)(C)S)(COC(=O)CC(C)(C)S)COC(=O)CC(C)(C)S. The number of thiol groups is 4. The van der Waals surface area contributed by atoms with Crippen molar-refractivity contribution in [2.24, 2.45) is 5.41 Å². The van der Waals surface area contributed by atoms with Crippen molar-refractivity contribution < 1.29 is 38.1 Å². The first-order chi connectivity index (χ1) is 16.6. The molecule has 0 saturated heterocycles. The molecular formula is C25H44O8S4. The monoisotopic (exact) mass is 600 g/mol. The molecule has 0 rings (SSSR count). The van der Waals surface area contributed by atoms with E-state index >= 15 is 0 Å². The molecule has 0 amide bonds. The summed E-state index contributed by atoms with van der Waals surface area (Å²) in [7, 11) is 0. The molecule has 216 valence electrons. The standard InChI is InChI=1S/C25H44O8S4/c1-17(34)10-18(26)30-9-8-25(14-31-19(27)11-22(2,3)35,15-32-20(28)12-23(4,5)36)16-33-21(29)13-24(6,7)37/h17,34-37H,8-16H2,1-7H3. The maximum atomic E-state index is 12.5. The third-order valence-electron chi connectivity index (χ3n) is 4.71. The van der Waals surface area contributed by atoms with Gasteiger partial charge in [0.15, 0.2) is 0 Å². The Labute approximate surface area is 243 Å². The Morgan fingerprint density at radius 1 is 0.622 bits per heavy atom. The van der Waals surface area contributed by atoms with Crippen LogP contribution in [0.25, 0.3) is 0 Å². The first-order valence-corrected chi connectivity index (χ1v) is 13.9. The van der Waals surface area contributed by atoms with Crippen LogP contribution in [0.2, 0.25) is 0 Å². The molecule has 0 spiro atoms. The van der Waals surface area contributed by atoms with Gasteiger partial charge in [0.25, 0.3) is 0 Å². The molecule has 0 aliphatic rings. The largest absolute Gasteiger partial charge is 0.466 e. The van der Waals surface area contributed by atoms with Gasteiger partial charge >= 0.3 is 23.9 Å². The molecule has 0 aromatic rings. The Hall–Kier alpha value is -0.720. The lowest BCUT2D eigenvalue weighted by molar-refractivity contribution is -0.166. The van der Waals surface area contributed by atoms with E-state index in [1.807, 2.05) is 0 Å².